The van der Waals surface area contributed by atoms with Gasteiger partial charge in [0.05, 0.1) is 11.4 Å². The zero-order valence-electron chi connectivity index (χ0n) is 10.2. The van der Waals surface area contributed by atoms with Gasteiger partial charge in [0.1, 0.15) is 4.90 Å². The van der Waals surface area contributed by atoms with Crippen molar-refractivity contribution in [1.29, 1.82) is 0 Å². The first kappa shape index (κ1) is 17.3. The number of sulfonamides is 1. The van der Waals surface area contributed by atoms with Crippen LogP contribution in [0.25, 0.3) is 0 Å². The van der Waals surface area contributed by atoms with Gasteiger partial charge in [-0.25, -0.2) is 8.42 Å². The van der Waals surface area contributed by atoms with Crippen molar-refractivity contribution >= 4 is 85.1 Å². The van der Waals surface area contributed by atoms with Gasteiger partial charge in [0.25, 0.3) is 10.0 Å². The van der Waals surface area contributed by atoms with Crippen LogP contribution in [0.1, 0.15) is 0 Å². The Morgan fingerprint density at radius 1 is 0.905 bits per heavy atom. The molecule has 0 aromatic heterocycles. The number of nitrogens with two attached hydrogens (primary N) is 1. The Morgan fingerprint density at radius 2 is 1.48 bits per heavy atom. The van der Waals surface area contributed by atoms with Crippen LogP contribution < -0.4 is 10.5 Å². The minimum Gasteiger partial charge on any atom is -0.398 e. The summed E-state index contributed by atoms with van der Waals surface area (Å²) < 4.78 is 30.2. The molecule has 0 radical (unpaired) electrons. The first-order valence-electron chi connectivity index (χ1n) is 5.43. The van der Waals surface area contributed by atoms with E-state index < -0.39 is 10.0 Å². The third kappa shape index (κ3) is 4.01. The molecule has 0 saturated heterocycles. The zero-order chi connectivity index (χ0) is 15.8. The quantitative estimate of drug-likeness (QED) is 0.509. The van der Waals surface area contributed by atoms with Gasteiger partial charge in [-0.15, -0.1) is 0 Å². The fourth-order valence-corrected chi connectivity index (χ4v) is 6.06. The summed E-state index contributed by atoms with van der Waals surface area (Å²) in [5.74, 6) is 0. The highest BCUT2D eigenvalue weighted by atomic mass is 79.9. The topological polar surface area (TPSA) is 72.2 Å². The SMILES string of the molecule is Nc1ccc(Br)cc1S(=O)(=O)Nc1c(Br)cc(Br)cc1Br. The Labute approximate surface area is 156 Å². The molecule has 0 unspecified atom stereocenters. The summed E-state index contributed by atoms with van der Waals surface area (Å²) in [6, 6.07) is 8.15. The molecule has 0 bridgehead atoms. The number of hydrogen-bond acceptors (Lipinski definition) is 3. The van der Waals surface area contributed by atoms with E-state index in [1.54, 1.807) is 18.2 Å². The lowest BCUT2D eigenvalue weighted by molar-refractivity contribution is 0.601. The van der Waals surface area contributed by atoms with Crippen LogP contribution in [0.5, 0.6) is 0 Å². The summed E-state index contributed by atoms with van der Waals surface area (Å²) in [6.07, 6.45) is 0. The van der Waals surface area contributed by atoms with Crippen LogP contribution in [0.15, 0.2) is 53.1 Å². The number of hydrogen-bond donors (Lipinski definition) is 2. The molecule has 0 heterocycles. The Hall–Kier alpha value is -0.0900. The van der Waals surface area contributed by atoms with E-state index in [4.69, 9.17) is 5.73 Å². The average molecular weight is 564 g/mol. The molecule has 9 heteroatoms. The van der Waals surface area contributed by atoms with E-state index in [2.05, 4.69) is 68.4 Å². The molecule has 112 valence electrons. The highest BCUT2D eigenvalue weighted by Crippen LogP contribution is 2.36. The molecule has 21 heavy (non-hydrogen) atoms. The average Bonchev–Trinajstić information content (AvgIpc) is 2.36. The molecule has 0 aliphatic rings. The maximum atomic E-state index is 12.5. The minimum absolute atomic E-state index is 0.0126. The van der Waals surface area contributed by atoms with Gasteiger partial charge in [-0.1, -0.05) is 31.9 Å². The molecular weight excluding hydrogens is 556 g/mol. The predicted molar refractivity (Wildman–Crippen MR) is 98.9 cm³/mol. The van der Waals surface area contributed by atoms with Crippen LogP contribution in [-0.4, -0.2) is 8.42 Å². The van der Waals surface area contributed by atoms with Crippen LogP contribution in [-0.2, 0) is 10.0 Å². The number of halogens is 4. The van der Waals surface area contributed by atoms with Crippen LogP contribution in [0.4, 0.5) is 11.4 Å². The van der Waals surface area contributed by atoms with Crippen LogP contribution in [0.3, 0.4) is 0 Å². The zero-order valence-corrected chi connectivity index (χ0v) is 17.4. The minimum atomic E-state index is -3.80. The van der Waals surface area contributed by atoms with Gasteiger partial charge in [0, 0.05) is 17.9 Å². The fraction of sp³-hybridized carbons (Fsp3) is 0. The van der Waals surface area contributed by atoms with Gasteiger partial charge in [-0.3, -0.25) is 4.72 Å². The number of nitrogen functional groups attached to an aromatic ring is 1. The lowest BCUT2D eigenvalue weighted by Crippen LogP contribution is -2.15. The van der Waals surface area contributed by atoms with Gasteiger partial charge >= 0.3 is 0 Å². The maximum absolute atomic E-state index is 12.5. The summed E-state index contributed by atoms with van der Waals surface area (Å²) >= 11 is 13.2. The van der Waals surface area contributed by atoms with Crippen LogP contribution >= 0.6 is 63.7 Å². The third-order valence-electron chi connectivity index (χ3n) is 2.51. The Morgan fingerprint density at radius 3 is 2.05 bits per heavy atom. The van der Waals surface area contributed by atoms with Gasteiger partial charge in [0.15, 0.2) is 0 Å². The number of anilines is 2. The fourth-order valence-electron chi connectivity index (χ4n) is 1.57. The second-order valence-electron chi connectivity index (χ2n) is 4.03. The van der Waals surface area contributed by atoms with Crippen molar-refractivity contribution in [3.8, 4) is 0 Å². The smallest absolute Gasteiger partial charge is 0.264 e. The third-order valence-corrected chi connectivity index (χ3v) is 6.12. The molecule has 2 rings (SSSR count). The van der Waals surface area contributed by atoms with Gasteiger partial charge < -0.3 is 5.73 Å². The van der Waals surface area contributed by atoms with Crippen molar-refractivity contribution in [3.63, 3.8) is 0 Å². The van der Waals surface area contributed by atoms with Crippen molar-refractivity contribution < 1.29 is 8.42 Å². The Balaban J connectivity index is 2.50. The van der Waals surface area contributed by atoms with Crippen LogP contribution in [0, 0.1) is 0 Å². The number of benzene rings is 2. The second kappa shape index (κ2) is 6.57. The molecule has 2 aromatic carbocycles. The van der Waals surface area contributed by atoms with Crippen molar-refractivity contribution in [3.05, 3.63) is 48.2 Å². The monoisotopic (exact) mass is 560 g/mol. The molecule has 0 aliphatic carbocycles. The van der Waals surface area contributed by atoms with Gasteiger partial charge in [-0.2, -0.15) is 0 Å². The largest absolute Gasteiger partial charge is 0.398 e. The molecule has 4 nitrogen and oxygen atoms in total. The molecule has 0 saturated carbocycles. The summed E-state index contributed by atoms with van der Waals surface area (Å²) in [5.41, 5.74) is 6.34. The second-order valence-corrected chi connectivity index (χ2v) is 9.22. The highest BCUT2D eigenvalue weighted by Gasteiger charge is 2.20. The van der Waals surface area contributed by atoms with E-state index in [-0.39, 0.29) is 10.6 Å². The normalized spacial score (nSPS) is 11.4. The lowest BCUT2D eigenvalue weighted by Gasteiger charge is -2.13. The molecule has 0 amide bonds. The highest BCUT2D eigenvalue weighted by molar-refractivity contribution is 9.11. The van der Waals surface area contributed by atoms with E-state index in [1.807, 2.05) is 0 Å². The summed E-state index contributed by atoms with van der Waals surface area (Å²) in [4.78, 5) is 0.0126. The van der Waals surface area contributed by atoms with Crippen LogP contribution in [0.2, 0.25) is 0 Å². The molecular formula is C12H8Br4N2O2S. The standard InChI is InChI=1S/C12H8Br4N2O2S/c13-6-1-2-10(17)11(5-6)21(19,20)18-12-8(15)3-7(14)4-9(12)16/h1-5,18H,17H2. The first-order chi connectivity index (χ1) is 9.70. The van der Waals surface area contributed by atoms with E-state index in [9.17, 15) is 8.42 Å². The summed E-state index contributed by atoms with van der Waals surface area (Å²) in [7, 11) is -3.80. The molecule has 2 aromatic rings. The summed E-state index contributed by atoms with van der Waals surface area (Å²) in [5, 5.41) is 0. The lowest BCUT2D eigenvalue weighted by atomic mass is 10.3. The molecule has 0 aliphatic heterocycles. The number of rotatable bonds is 3. The van der Waals surface area contributed by atoms with E-state index in [1.165, 1.54) is 12.1 Å². The van der Waals surface area contributed by atoms with Crippen molar-refractivity contribution in [2.24, 2.45) is 0 Å². The molecule has 0 atom stereocenters. The molecule has 0 fully saturated rings. The maximum Gasteiger partial charge on any atom is 0.264 e. The predicted octanol–water partition coefficient (Wildman–Crippen LogP) is 5.12. The van der Waals surface area contributed by atoms with E-state index in [0.29, 0.717) is 19.1 Å². The van der Waals surface area contributed by atoms with Crippen molar-refractivity contribution in [2.45, 2.75) is 4.90 Å². The Kier molecular flexibility index (Phi) is 5.40. The Bertz CT molecular complexity index is 786. The van der Waals surface area contributed by atoms with Gasteiger partial charge in [0.2, 0.25) is 0 Å². The number of nitrogens with one attached hydrogen (secondary N) is 1. The van der Waals surface area contributed by atoms with E-state index >= 15 is 0 Å². The van der Waals surface area contributed by atoms with E-state index in [0.717, 1.165) is 4.47 Å². The first-order valence-corrected chi connectivity index (χ1v) is 10.1. The van der Waals surface area contributed by atoms with Crippen molar-refractivity contribution in [2.75, 3.05) is 10.5 Å². The summed E-state index contributed by atoms with van der Waals surface area (Å²) in [6.45, 7) is 0. The van der Waals surface area contributed by atoms with Crippen molar-refractivity contribution in [1.82, 2.24) is 0 Å². The molecule has 0 spiro atoms. The molecule has 3 N–H and O–H groups in total. The van der Waals surface area contributed by atoms with Gasteiger partial charge in [-0.05, 0) is 62.2 Å².